The van der Waals surface area contributed by atoms with Gasteiger partial charge in [0.25, 0.3) is 5.91 Å². The highest BCUT2D eigenvalue weighted by Crippen LogP contribution is 2.19. The molecule has 0 radical (unpaired) electrons. The number of aromatic amines is 1. The maximum absolute atomic E-state index is 11.9. The number of hydrogen-bond donors (Lipinski definition) is 2. The molecule has 2 heterocycles. The van der Waals surface area contributed by atoms with Gasteiger partial charge in [-0.1, -0.05) is 17.3 Å². The number of aryl methyl sites for hydroxylation is 1. The fourth-order valence-electron chi connectivity index (χ4n) is 1.73. The van der Waals surface area contributed by atoms with E-state index in [1.165, 1.54) is 12.3 Å². The van der Waals surface area contributed by atoms with Gasteiger partial charge in [0.2, 0.25) is 0 Å². The summed E-state index contributed by atoms with van der Waals surface area (Å²) in [5.41, 5.74) is 1.68. The summed E-state index contributed by atoms with van der Waals surface area (Å²) < 4.78 is 4.63. The smallest absolute Gasteiger partial charge is 0.277 e. The molecule has 1 amide bonds. The van der Waals surface area contributed by atoms with E-state index in [-0.39, 0.29) is 11.6 Å². The highest BCUT2D eigenvalue weighted by molar-refractivity contribution is 6.02. The van der Waals surface area contributed by atoms with Crippen LogP contribution in [0.1, 0.15) is 16.3 Å². The van der Waals surface area contributed by atoms with Gasteiger partial charge in [-0.3, -0.25) is 9.89 Å². The van der Waals surface area contributed by atoms with E-state index in [4.69, 9.17) is 0 Å². The van der Waals surface area contributed by atoms with Crippen molar-refractivity contribution in [3.8, 4) is 11.4 Å². The molecule has 0 fully saturated rings. The lowest BCUT2D eigenvalue weighted by molar-refractivity contribution is 0.101. The summed E-state index contributed by atoms with van der Waals surface area (Å²) in [6.07, 6.45) is 1.35. The summed E-state index contributed by atoms with van der Waals surface area (Å²) in [4.78, 5) is 16.1. The second-order valence-corrected chi connectivity index (χ2v) is 4.16. The predicted molar refractivity (Wildman–Crippen MR) is 71.0 cm³/mol. The minimum Gasteiger partial charge on any atom is -0.364 e. The standard InChI is InChI=1S/C13H11N5O2/c1-8-14-12(17-16-8)9-3-2-4-10(7-9)15-13(19)11-5-6-20-18-11/h2-7H,1H3,(H,15,19)(H,14,16,17). The molecule has 2 N–H and O–H groups in total. The van der Waals surface area contributed by atoms with Crippen LogP contribution < -0.4 is 5.32 Å². The van der Waals surface area contributed by atoms with Crippen LogP contribution in [0.3, 0.4) is 0 Å². The minimum atomic E-state index is -0.331. The quantitative estimate of drug-likeness (QED) is 0.758. The van der Waals surface area contributed by atoms with E-state index in [2.05, 4.69) is 30.2 Å². The van der Waals surface area contributed by atoms with Crippen molar-refractivity contribution in [3.05, 3.63) is 48.1 Å². The Morgan fingerprint density at radius 1 is 1.35 bits per heavy atom. The van der Waals surface area contributed by atoms with Gasteiger partial charge >= 0.3 is 0 Å². The number of rotatable bonds is 3. The number of benzene rings is 1. The van der Waals surface area contributed by atoms with Gasteiger partial charge in [0, 0.05) is 17.3 Å². The summed E-state index contributed by atoms with van der Waals surface area (Å²) in [7, 11) is 0. The van der Waals surface area contributed by atoms with E-state index < -0.39 is 0 Å². The molecule has 3 aromatic rings. The fraction of sp³-hybridized carbons (Fsp3) is 0.0769. The highest BCUT2D eigenvalue weighted by Gasteiger charge is 2.10. The number of nitrogens with zero attached hydrogens (tertiary/aromatic N) is 3. The first-order valence-corrected chi connectivity index (χ1v) is 5.93. The molecule has 1 aromatic carbocycles. The SMILES string of the molecule is Cc1nc(-c2cccc(NC(=O)c3ccon3)c2)n[nH]1. The van der Waals surface area contributed by atoms with Crippen molar-refractivity contribution in [1.29, 1.82) is 0 Å². The topological polar surface area (TPSA) is 96.7 Å². The number of nitrogens with one attached hydrogen (secondary N) is 2. The molecule has 0 bridgehead atoms. The summed E-state index contributed by atoms with van der Waals surface area (Å²) >= 11 is 0. The van der Waals surface area contributed by atoms with Crippen molar-refractivity contribution in [2.75, 3.05) is 5.32 Å². The maximum atomic E-state index is 11.9. The normalized spacial score (nSPS) is 10.4. The maximum Gasteiger partial charge on any atom is 0.277 e. The van der Waals surface area contributed by atoms with E-state index in [1.54, 1.807) is 12.1 Å². The lowest BCUT2D eigenvalue weighted by Gasteiger charge is -2.04. The molecule has 7 heteroatoms. The Morgan fingerprint density at radius 3 is 2.95 bits per heavy atom. The molecule has 0 aliphatic carbocycles. The molecule has 0 aliphatic heterocycles. The summed E-state index contributed by atoms with van der Waals surface area (Å²) in [5, 5.41) is 13.2. The average Bonchev–Trinajstić information content (AvgIpc) is 3.10. The van der Waals surface area contributed by atoms with Crippen LogP contribution in [0.4, 0.5) is 5.69 Å². The van der Waals surface area contributed by atoms with E-state index >= 15 is 0 Å². The van der Waals surface area contributed by atoms with Crippen molar-refractivity contribution < 1.29 is 9.32 Å². The van der Waals surface area contributed by atoms with Gasteiger partial charge < -0.3 is 9.84 Å². The van der Waals surface area contributed by atoms with E-state index in [0.717, 1.165) is 11.4 Å². The van der Waals surface area contributed by atoms with Crippen LogP contribution >= 0.6 is 0 Å². The zero-order valence-electron chi connectivity index (χ0n) is 10.6. The number of amides is 1. The first-order chi connectivity index (χ1) is 9.72. The Hall–Kier alpha value is -2.96. The third-order valence-corrected chi connectivity index (χ3v) is 2.65. The number of carbonyl (C=O) groups excluding carboxylic acids is 1. The largest absolute Gasteiger partial charge is 0.364 e. The highest BCUT2D eigenvalue weighted by atomic mass is 16.5. The summed E-state index contributed by atoms with van der Waals surface area (Å²) in [6, 6.07) is 8.76. The third-order valence-electron chi connectivity index (χ3n) is 2.65. The molecule has 0 saturated carbocycles. The van der Waals surface area contributed by atoms with Crippen LogP contribution in [0.15, 0.2) is 41.1 Å². The predicted octanol–water partition coefficient (Wildman–Crippen LogP) is 2.02. The molecule has 3 rings (SSSR count). The van der Waals surface area contributed by atoms with Gasteiger partial charge in [0.1, 0.15) is 12.1 Å². The molecule has 0 atom stereocenters. The van der Waals surface area contributed by atoms with E-state index in [9.17, 15) is 4.79 Å². The lowest BCUT2D eigenvalue weighted by Crippen LogP contribution is -2.12. The Kier molecular flexibility index (Phi) is 3.00. The molecule has 0 saturated heterocycles. The average molecular weight is 269 g/mol. The molecule has 0 spiro atoms. The number of carbonyl (C=O) groups is 1. The summed E-state index contributed by atoms with van der Waals surface area (Å²) in [6.45, 7) is 1.83. The van der Waals surface area contributed by atoms with Gasteiger partial charge in [-0.15, -0.1) is 0 Å². The Balaban J connectivity index is 1.83. The van der Waals surface area contributed by atoms with Gasteiger partial charge in [-0.2, -0.15) is 5.10 Å². The Labute approximate surface area is 114 Å². The lowest BCUT2D eigenvalue weighted by atomic mass is 10.2. The van der Waals surface area contributed by atoms with Crippen molar-refractivity contribution in [1.82, 2.24) is 20.3 Å². The molecule has 0 unspecified atom stereocenters. The first-order valence-electron chi connectivity index (χ1n) is 5.93. The molecule has 2 aromatic heterocycles. The van der Waals surface area contributed by atoms with Crippen LogP contribution in [0.2, 0.25) is 0 Å². The van der Waals surface area contributed by atoms with Crippen LogP contribution in [0.5, 0.6) is 0 Å². The number of H-pyrrole nitrogens is 1. The van der Waals surface area contributed by atoms with Gasteiger partial charge in [-0.25, -0.2) is 4.98 Å². The Bertz CT molecular complexity index is 733. The number of aromatic nitrogens is 4. The monoisotopic (exact) mass is 269 g/mol. The molecule has 0 aliphatic rings. The minimum absolute atomic E-state index is 0.226. The summed E-state index contributed by atoms with van der Waals surface area (Å²) in [5.74, 6) is 0.985. The van der Waals surface area contributed by atoms with Gasteiger partial charge in [0.05, 0.1) is 0 Å². The van der Waals surface area contributed by atoms with Crippen molar-refractivity contribution in [2.24, 2.45) is 0 Å². The zero-order chi connectivity index (χ0) is 13.9. The Morgan fingerprint density at radius 2 is 2.25 bits per heavy atom. The van der Waals surface area contributed by atoms with E-state index in [0.29, 0.717) is 11.5 Å². The molecular formula is C13H11N5O2. The fourth-order valence-corrected chi connectivity index (χ4v) is 1.73. The molecular weight excluding hydrogens is 258 g/mol. The third kappa shape index (κ3) is 2.41. The van der Waals surface area contributed by atoms with Crippen molar-refractivity contribution in [3.63, 3.8) is 0 Å². The van der Waals surface area contributed by atoms with Crippen molar-refractivity contribution in [2.45, 2.75) is 6.92 Å². The molecule has 7 nitrogen and oxygen atoms in total. The first kappa shape index (κ1) is 12.1. The van der Waals surface area contributed by atoms with Crippen LogP contribution in [0, 0.1) is 6.92 Å². The second kappa shape index (κ2) is 4.96. The van der Waals surface area contributed by atoms with Crippen molar-refractivity contribution >= 4 is 11.6 Å². The zero-order valence-corrected chi connectivity index (χ0v) is 10.6. The second-order valence-electron chi connectivity index (χ2n) is 4.16. The number of anilines is 1. The van der Waals surface area contributed by atoms with E-state index in [1.807, 2.05) is 19.1 Å². The molecule has 20 heavy (non-hydrogen) atoms. The van der Waals surface area contributed by atoms with Gasteiger partial charge in [-0.05, 0) is 19.1 Å². The number of hydrogen-bond acceptors (Lipinski definition) is 5. The van der Waals surface area contributed by atoms with Crippen LogP contribution in [-0.4, -0.2) is 26.2 Å². The van der Waals surface area contributed by atoms with Crippen LogP contribution in [-0.2, 0) is 0 Å². The van der Waals surface area contributed by atoms with Gasteiger partial charge in [0.15, 0.2) is 11.5 Å². The molecule has 100 valence electrons. The van der Waals surface area contributed by atoms with Crippen LogP contribution in [0.25, 0.3) is 11.4 Å².